The first-order valence-electron chi connectivity index (χ1n) is 10.4. The number of carbonyl (C=O) groups is 1. The summed E-state index contributed by atoms with van der Waals surface area (Å²) < 4.78 is 6.31. The van der Waals surface area contributed by atoms with E-state index in [1.54, 1.807) is 0 Å². The van der Waals surface area contributed by atoms with E-state index in [2.05, 4.69) is 73.7 Å². The number of aryl methyl sites for hydroxylation is 1. The molecular formula is C24H39O2Si. The van der Waals surface area contributed by atoms with Crippen molar-refractivity contribution in [3.63, 3.8) is 0 Å². The van der Waals surface area contributed by atoms with E-state index in [1.165, 1.54) is 29.5 Å². The fraction of sp³-hybridized carbons (Fsp3) is 0.708. The van der Waals surface area contributed by atoms with Crippen molar-refractivity contribution in [1.82, 2.24) is 0 Å². The summed E-state index contributed by atoms with van der Waals surface area (Å²) in [6.45, 7) is 20.5. The molecule has 0 heterocycles. The molecule has 1 aliphatic rings. The van der Waals surface area contributed by atoms with Crippen LogP contribution < -0.4 is 0 Å². The minimum absolute atomic E-state index is 0.110. The molecule has 0 amide bonds. The summed E-state index contributed by atoms with van der Waals surface area (Å²) in [4.78, 5) is 11.9. The summed E-state index contributed by atoms with van der Waals surface area (Å²) in [5.74, 6) is 0. The Bertz CT molecular complexity index is 680. The average Bonchev–Trinajstić information content (AvgIpc) is 2.54. The molecule has 1 aromatic carbocycles. The zero-order valence-electron chi connectivity index (χ0n) is 19.0. The summed E-state index contributed by atoms with van der Waals surface area (Å²) >= 11 is 0. The van der Waals surface area contributed by atoms with Crippen LogP contribution in [0.15, 0.2) is 12.1 Å². The van der Waals surface area contributed by atoms with Crippen LogP contribution in [0.4, 0.5) is 0 Å². The van der Waals surface area contributed by atoms with E-state index >= 15 is 0 Å². The van der Waals surface area contributed by atoms with Crippen LogP contribution in [0.5, 0.6) is 0 Å². The topological polar surface area (TPSA) is 26.3 Å². The number of rotatable bonds is 6. The Hall–Kier alpha value is -0.933. The fourth-order valence-electron chi connectivity index (χ4n) is 4.24. The van der Waals surface area contributed by atoms with Crippen LogP contribution >= 0.6 is 0 Å². The highest BCUT2D eigenvalue weighted by molar-refractivity contribution is 6.48. The molecule has 1 radical (unpaired) electrons. The second-order valence-electron chi connectivity index (χ2n) is 10.9. The molecule has 0 bridgehead atoms. The molecule has 1 aromatic rings. The Morgan fingerprint density at radius 1 is 1.07 bits per heavy atom. The van der Waals surface area contributed by atoms with Gasteiger partial charge >= 0.3 is 0 Å². The van der Waals surface area contributed by atoms with Crippen molar-refractivity contribution in [3.05, 3.63) is 34.4 Å². The number of aldehydes is 1. The Balaban J connectivity index is 2.39. The molecule has 2 nitrogen and oxygen atoms in total. The average molecular weight is 388 g/mol. The van der Waals surface area contributed by atoms with Gasteiger partial charge in [-0.25, -0.2) is 0 Å². The third-order valence-electron chi connectivity index (χ3n) is 6.26. The Morgan fingerprint density at radius 3 is 2.04 bits per heavy atom. The van der Waals surface area contributed by atoms with Gasteiger partial charge in [0.15, 0.2) is 0 Å². The zero-order valence-corrected chi connectivity index (χ0v) is 20.0. The van der Waals surface area contributed by atoms with Gasteiger partial charge in [0, 0.05) is 5.56 Å². The van der Waals surface area contributed by atoms with Crippen LogP contribution in [0.1, 0.15) is 94.8 Å². The van der Waals surface area contributed by atoms with Gasteiger partial charge in [-0.1, -0.05) is 54.5 Å². The quantitative estimate of drug-likeness (QED) is 0.413. The first-order chi connectivity index (χ1) is 12.3. The van der Waals surface area contributed by atoms with Crippen LogP contribution in [0, 0.1) is 5.41 Å². The molecule has 0 saturated carbocycles. The highest BCUT2D eigenvalue weighted by Gasteiger charge is 2.37. The second kappa shape index (κ2) is 7.83. The smallest absolute Gasteiger partial charge is 0.205 e. The third-order valence-corrected chi connectivity index (χ3v) is 7.02. The van der Waals surface area contributed by atoms with Gasteiger partial charge in [0.25, 0.3) is 0 Å². The molecular weight excluding hydrogens is 348 g/mol. The molecule has 1 aliphatic carbocycles. The number of hydrogen-bond acceptors (Lipinski definition) is 2. The zero-order chi connectivity index (χ0) is 20.6. The van der Waals surface area contributed by atoms with Crippen LogP contribution in [0.2, 0.25) is 13.1 Å². The van der Waals surface area contributed by atoms with Crippen molar-refractivity contribution >= 4 is 15.3 Å². The summed E-state index contributed by atoms with van der Waals surface area (Å²) in [7, 11) is -0.752. The molecule has 3 heteroatoms. The lowest BCUT2D eigenvalue weighted by Crippen LogP contribution is -2.35. The largest absolute Gasteiger partial charge is 0.414 e. The maximum Gasteiger partial charge on any atom is 0.205 e. The van der Waals surface area contributed by atoms with Crippen LogP contribution in [-0.4, -0.2) is 21.4 Å². The molecule has 0 fully saturated rings. The van der Waals surface area contributed by atoms with Crippen molar-refractivity contribution < 1.29 is 9.22 Å². The predicted octanol–water partition coefficient (Wildman–Crippen LogP) is 6.46. The number of benzene rings is 1. The van der Waals surface area contributed by atoms with Gasteiger partial charge in [0.05, 0.1) is 6.10 Å². The first-order valence-corrected chi connectivity index (χ1v) is 12.8. The van der Waals surface area contributed by atoms with Gasteiger partial charge in [-0.3, -0.25) is 4.79 Å². The highest BCUT2D eigenvalue weighted by atomic mass is 28.3. The minimum atomic E-state index is -0.752. The minimum Gasteiger partial charge on any atom is -0.414 e. The van der Waals surface area contributed by atoms with E-state index < -0.39 is 9.04 Å². The molecule has 0 N–H and O–H groups in total. The Morgan fingerprint density at radius 2 is 1.59 bits per heavy atom. The third kappa shape index (κ3) is 5.11. The molecule has 0 spiro atoms. The number of carbonyl (C=O) groups excluding carboxylic acids is 1. The molecule has 0 aliphatic heterocycles. The van der Waals surface area contributed by atoms with Gasteiger partial charge in [0.1, 0.15) is 6.29 Å². The summed E-state index contributed by atoms with van der Waals surface area (Å²) in [6.07, 6.45) is 5.49. The van der Waals surface area contributed by atoms with E-state index in [4.69, 9.17) is 4.43 Å². The lowest BCUT2D eigenvalue weighted by Gasteiger charge is -2.42. The molecule has 151 valence electrons. The Kier molecular flexibility index (Phi) is 6.48. The predicted molar refractivity (Wildman–Crippen MR) is 117 cm³/mol. The van der Waals surface area contributed by atoms with E-state index in [-0.39, 0.29) is 22.3 Å². The van der Waals surface area contributed by atoms with E-state index in [0.717, 1.165) is 24.7 Å². The maximum atomic E-state index is 11.9. The van der Waals surface area contributed by atoms with Gasteiger partial charge in [-0.2, -0.15) is 0 Å². The molecule has 0 aromatic heterocycles. The molecule has 0 saturated heterocycles. The summed E-state index contributed by atoms with van der Waals surface area (Å²) in [6, 6.07) is 4.52. The van der Waals surface area contributed by atoms with Gasteiger partial charge in [-0.15, -0.1) is 0 Å². The monoisotopic (exact) mass is 387 g/mol. The SMILES string of the molecule is C[Si](C)OC(CCc1cc2c(cc1C=O)C(C)(C)CCC2(C)C)C(C)(C)C. The van der Waals surface area contributed by atoms with E-state index in [0.29, 0.717) is 0 Å². The van der Waals surface area contributed by atoms with Gasteiger partial charge in [0.2, 0.25) is 9.04 Å². The summed E-state index contributed by atoms with van der Waals surface area (Å²) in [5, 5.41) is 0. The molecule has 1 unspecified atom stereocenters. The highest BCUT2D eigenvalue weighted by Crippen LogP contribution is 2.46. The molecule has 27 heavy (non-hydrogen) atoms. The normalized spacial score (nSPS) is 19.6. The second-order valence-corrected chi connectivity index (χ2v) is 13.0. The lowest BCUT2D eigenvalue weighted by atomic mass is 9.62. The van der Waals surface area contributed by atoms with E-state index in [9.17, 15) is 4.79 Å². The van der Waals surface area contributed by atoms with Gasteiger partial charge < -0.3 is 4.43 Å². The Labute approximate surface area is 168 Å². The summed E-state index contributed by atoms with van der Waals surface area (Å²) in [5.41, 5.74) is 5.27. The van der Waals surface area contributed by atoms with Crippen molar-refractivity contribution in [2.45, 2.75) is 104 Å². The van der Waals surface area contributed by atoms with Crippen LogP contribution in [0.3, 0.4) is 0 Å². The van der Waals surface area contributed by atoms with Gasteiger partial charge in [-0.05, 0) is 77.8 Å². The first kappa shape index (κ1) is 22.4. The van der Waals surface area contributed by atoms with Crippen molar-refractivity contribution in [3.8, 4) is 0 Å². The molecule has 1 atom stereocenters. The van der Waals surface area contributed by atoms with Crippen molar-refractivity contribution in [1.29, 1.82) is 0 Å². The van der Waals surface area contributed by atoms with Crippen LogP contribution in [0.25, 0.3) is 0 Å². The van der Waals surface area contributed by atoms with Crippen LogP contribution in [-0.2, 0) is 21.7 Å². The van der Waals surface area contributed by atoms with Crippen molar-refractivity contribution in [2.24, 2.45) is 5.41 Å². The fourth-order valence-corrected chi connectivity index (χ4v) is 5.28. The molecule has 2 rings (SSSR count). The lowest BCUT2D eigenvalue weighted by molar-refractivity contribution is 0.0787. The number of hydrogen-bond donors (Lipinski definition) is 0. The standard InChI is InChI=1S/C24H39O2Si/c1-22(2,3)21(26-27(8)9)11-10-17-14-19-20(15-18(17)16-25)24(6,7)13-12-23(19,4)5/h14-16,21H,10-13H2,1-9H3. The van der Waals surface area contributed by atoms with E-state index in [1.807, 2.05) is 0 Å². The maximum absolute atomic E-state index is 11.9. The number of fused-ring (bicyclic) bond motifs is 1. The van der Waals surface area contributed by atoms with Crippen molar-refractivity contribution in [2.75, 3.05) is 0 Å².